The van der Waals surface area contributed by atoms with E-state index in [1.807, 2.05) is 4.90 Å². The van der Waals surface area contributed by atoms with Gasteiger partial charge in [0.2, 0.25) is 0 Å². The zero-order chi connectivity index (χ0) is 38.6. The van der Waals surface area contributed by atoms with Gasteiger partial charge in [-0.05, 0) is 44.7 Å². The van der Waals surface area contributed by atoms with Crippen molar-refractivity contribution in [2.24, 2.45) is 39.9 Å². The van der Waals surface area contributed by atoms with Crippen LogP contribution in [0.3, 0.4) is 0 Å². The summed E-state index contributed by atoms with van der Waals surface area (Å²) in [6, 6.07) is 15.1. The summed E-state index contributed by atoms with van der Waals surface area (Å²) in [4.78, 5) is 83.0. The first-order valence-corrected chi connectivity index (χ1v) is 18.2. The van der Waals surface area contributed by atoms with Gasteiger partial charge in [-0.15, -0.1) is 0 Å². The summed E-state index contributed by atoms with van der Waals surface area (Å²) >= 11 is 0. The lowest BCUT2D eigenvalue weighted by atomic mass is 9.37. The highest BCUT2D eigenvalue weighted by Gasteiger charge is 2.95. The first-order valence-electron chi connectivity index (χ1n) is 18.2. The van der Waals surface area contributed by atoms with Crippen LogP contribution >= 0.6 is 0 Å². The van der Waals surface area contributed by atoms with Gasteiger partial charge in [-0.1, -0.05) is 48.6 Å². The van der Waals surface area contributed by atoms with Gasteiger partial charge < -0.3 is 33.6 Å². The molecule has 0 aromatic heterocycles. The molecule has 54 heavy (non-hydrogen) atoms. The number of benzene rings is 2. The average Bonchev–Trinajstić information content (AvgIpc) is 3.46. The lowest BCUT2D eigenvalue weighted by Crippen LogP contribution is -2.79. The van der Waals surface area contributed by atoms with Crippen LogP contribution in [0.5, 0.6) is 0 Å². The summed E-state index contributed by atoms with van der Waals surface area (Å²) in [5.74, 6) is -6.72. The van der Waals surface area contributed by atoms with Gasteiger partial charge in [0.05, 0.1) is 28.6 Å². The number of hydrogen-bond acceptors (Lipinski definition) is 13. The van der Waals surface area contributed by atoms with E-state index in [0.717, 1.165) is 0 Å². The molecule has 284 valence electrons. The van der Waals surface area contributed by atoms with Crippen LogP contribution in [0, 0.1) is 39.9 Å². The Labute approximate surface area is 311 Å². The molecule has 10 rings (SSSR count). The molecule has 2 saturated heterocycles. The molecule has 2 heterocycles. The third-order valence-electron chi connectivity index (χ3n) is 13.7. The van der Waals surface area contributed by atoms with Gasteiger partial charge in [0.25, 0.3) is 0 Å². The minimum absolute atomic E-state index is 0.163. The van der Waals surface area contributed by atoms with Gasteiger partial charge in [0, 0.05) is 61.4 Å². The molecule has 0 unspecified atom stereocenters. The lowest BCUT2D eigenvalue weighted by molar-refractivity contribution is -0.301. The highest BCUT2D eigenvalue weighted by molar-refractivity contribution is 5.90. The van der Waals surface area contributed by atoms with E-state index in [0.29, 0.717) is 17.4 Å². The average molecular weight is 742 g/mol. The van der Waals surface area contributed by atoms with E-state index in [2.05, 4.69) is 6.58 Å². The maximum absolute atomic E-state index is 14.0. The minimum Gasteiger partial charge on any atom is -0.461 e. The van der Waals surface area contributed by atoms with Crippen molar-refractivity contribution >= 4 is 36.1 Å². The fourth-order valence-electron chi connectivity index (χ4n) is 12.7. The van der Waals surface area contributed by atoms with E-state index in [4.69, 9.17) is 23.7 Å². The summed E-state index contributed by atoms with van der Waals surface area (Å²) < 4.78 is 31.3. The maximum Gasteiger partial charge on any atom is 0.338 e. The molecule has 1 N–H and O–H groups in total. The zero-order valence-corrected chi connectivity index (χ0v) is 30.6. The summed E-state index contributed by atoms with van der Waals surface area (Å²) in [7, 11) is 1.80. The second-order valence-corrected chi connectivity index (χ2v) is 16.1. The number of ether oxygens (including phenoxy) is 5. The maximum atomic E-state index is 14.0. The molecule has 8 aliphatic rings. The Bertz CT molecular complexity index is 1950. The van der Waals surface area contributed by atoms with E-state index < -0.39 is 118 Å². The monoisotopic (exact) mass is 741 g/mol. The van der Waals surface area contributed by atoms with E-state index in [1.54, 1.807) is 74.6 Å². The van der Waals surface area contributed by atoms with E-state index in [-0.39, 0.29) is 12.0 Å². The third kappa shape index (κ3) is 4.51. The SMILES string of the molecule is C=C1C[C@]23[C@H]4[C@@H](OC(=O)c5ccccc5)[C@@H]1[C@H](OC(C)=O)[C@H]2[C@]12[C@H](OC(C)=O)[C@@H](OC(=O)c5ccccc5)[C@H](OC(C)=O)[C@@](C)(C=O)[C@H]1[C@H]([C@H]3O)N(C)[C@@H]42. The number of aliphatic hydroxyl groups is 1. The highest BCUT2D eigenvalue weighted by Crippen LogP contribution is 2.85. The highest BCUT2D eigenvalue weighted by atomic mass is 16.6. The quantitative estimate of drug-likeness (QED) is 0.181. The number of aldehydes is 1. The Hall–Kier alpha value is -4.88. The summed E-state index contributed by atoms with van der Waals surface area (Å²) in [5, 5.41) is 12.9. The molecule has 0 radical (unpaired) electrons. The molecule has 7 bridgehead atoms. The van der Waals surface area contributed by atoms with Crippen molar-refractivity contribution in [3.63, 3.8) is 0 Å². The number of rotatable bonds is 8. The smallest absolute Gasteiger partial charge is 0.338 e. The molecule has 2 spiro atoms. The van der Waals surface area contributed by atoms with Crippen LogP contribution in [0.1, 0.15) is 54.8 Å². The van der Waals surface area contributed by atoms with Crippen molar-refractivity contribution in [2.45, 2.75) is 82.8 Å². The van der Waals surface area contributed by atoms with Gasteiger partial charge >= 0.3 is 29.8 Å². The second kappa shape index (κ2) is 12.3. The van der Waals surface area contributed by atoms with Crippen molar-refractivity contribution in [2.75, 3.05) is 7.05 Å². The Morgan fingerprint density at radius 2 is 1.28 bits per heavy atom. The summed E-state index contributed by atoms with van der Waals surface area (Å²) in [6.45, 7) is 9.63. The molecule has 13 nitrogen and oxygen atoms in total. The lowest BCUT2D eigenvalue weighted by Gasteiger charge is -2.70. The van der Waals surface area contributed by atoms with Crippen LogP contribution in [0.2, 0.25) is 0 Å². The van der Waals surface area contributed by atoms with Crippen LogP contribution in [0.15, 0.2) is 72.8 Å². The molecule has 6 saturated carbocycles. The Morgan fingerprint density at radius 3 is 1.80 bits per heavy atom. The van der Waals surface area contributed by atoms with Gasteiger partial charge in [-0.3, -0.25) is 19.3 Å². The molecule has 2 aliphatic heterocycles. The summed E-state index contributed by atoms with van der Waals surface area (Å²) in [6.07, 6.45) is -6.72. The Morgan fingerprint density at radius 1 is 0.759 bits per heavy atom. The summed E-state index contributed by atoms with van der Waals surface area (Å²) in [5.41, 5.74) is -3.13. The number of aliphatic hydroxyl groups excluding tert-OH is 1. The van der Waals surface area contributed by atoms with Crippen LogP contribution in [0.4, 0.5) is 0 Å². The molecule has 0 amide bonds. The number of likely N-dealkylation sites (N-methyl/N-ethyl adjacent to an activating group) is 1. The zero-order valence-electron chi connectivity index (χ0n) is 30.6. The van der Waals surface area contributed by atoms with Gasteiger partial charge in [-0.2, -0.15) is 0 Å². The number of esters is 5. The van der Waals surface area contributed by atoms with Crippen molar-refractivity contribution in [3.05, 3.63) is 83.9 Å². The largest absolute Gasteiger partial charge is 0.461 e. The normalized spacial score (nSPS) is 42.1. The molecular formula is C41H43NO12. The first-order chi connectivity index (χ1) is 25.7. The number of carbonyl (C=O) groups is 6. The minimum atomic E-state index is -1.66. The fourth-order valence-corrected chi connectivity index (χ4v) is 12.7. The predicted octanol–water partition coefficient (Wildman–Crippen LogP) is 2.93. The molecule has 6 aliphatic carbocycles. The van der Waals surface area contributed by atoms with Gasteiger partial charge in [-0.25, -0.2) is 9.59 Å². The van der Waals surface area contributed by atoms with Crippen LogP contribution in [0.25, 0.3) is 0 Å². The van der Waals surface area contributed by atoms with E-state index >= 15 is 0 Å². The van der Waals surface area contributed by atoms with Crippen molar-refractivity contribution in [1.29, 1.82) is 0 Å². The van der Waals surface area contributed by atoms with Crippen LogP contribution in [-0.2, 0) is 42.9 Å². The van der Waals surface area contributed by atoms with Crippen molar-refractivity contribution < 1.29 is 57.6 Å². The molecular weight excluding hydrogens is 698 g/mol. The van der Waals surface area contributed by atoms with Crippen LogP contribution < -0.4 is 0 Å². The molecule has 13 heteroatoms. The predicted molar refractivity (Wildman–Crippen MR) is 186 cm³/mol. The van der Waals surface area contributed by atoms with Crippen LogP contribution in [-0.4, -0.2) is 102 Å². The Kier molecular flexibility index (Phi) is 8.24. The van der Waals surface area contributed by atoms with Gasteiger partial charge in [0.1, 0.15) is 18.5 Å². The molecule has 2 aromatic carbocycles. The third-order valence-corrected chi connectivity index (χ3v) is 13.7. The molecule has 8 fully saturated rings. The first kappa shape index (κ1) is 36.1. The van der Waals surface area contributed by atoms with Crippen molar-refractivity contribution in [1.82, 2.24) is 4.90 Å². The van der Waals surface area contributed by atoms with E-state index in [1.165, 1.54) is 20.8 Å². The molecule has 2 aromatic rings. The standard InChI is InChI=1S/C41H43NO12/c1-19-17-40-26-28(53-37(48)23-13-9-7-10-14-23)25(19)29(50-20(2)44)32(40)41-31(27(34(40)47)42(6)33(26)41)39(5,18-43)35(51-21(3)45)30(36(41)52-22(4)46)54-38(49)24-15-11-8-12-16-24/h7-16,18,25-36,47H,1,17H2,2-6H3/t25-,26+,27-,28+,29+,30+,31-,32-,33+,34-,35+,36-,39+,40+,41-/m1/s1. The topological polar surface area (TPSA) is 172 Å². The van der Waals surface area contributed by atoms with E-state index in [9.17, 15) is 33.9 Å². The number of hydrogen-bond donors (Lipinski definition) is 1. The number of fused-ring (bicyclic) bond motifs is 1. The Balaban J connectivity index is 1.39. The van der Waals surface area contributed by atoms with Gasteiger partial charge in [0.15, 0.2) is 18.3 Å². The fraction of sp³-hybridized carbons (Fsp3) is 0.512. The number of carbonyl (C=O) groups excluding carboxylic acids is 6. The second-order valence-electron chi connectivity index (χ2n) is 16.1. The number of nitrogens with zero attached hydrogens (tertiary/aromatic N) is 1. The van der Waals surface area contributed by atoms with Crippen molar-refractivity contribution in [3.8, 4) is 0 Å². The number of piperidine rings is 1. The molecule has 15 atom stereocenters.